The van der Waals surface area contributed by atoms with Gasteiger partial charge in [-0.05, 0) is 29.5 Å². The summed E-state index contributed by atoms with van der Waals surface area (Å²) in [5.74, 6) is 0.444. The zero-order chi connectivity index (χ0) is 14.1. The van der Waals surface area contributed by atoms with E-state index in [0.717, 1.165) is 28.9 Å². The van der Waals surface area contributed by atoms with Crippen molar-refractivity contribution in [1.29, 1.82) is 0 Å². The van der Waals surface area contributed by atoms with Crippen molar-refractivity contribution in [2.24, 2.45) is 5.92 Å². The minimum absolute atomic E-state index is 0.104. The molecule has 102 valence electrons. The van der Waals surface area contributed by atoms with Crippen molar-refractivity contribution in [3.05, 3.63) is 59.3 Å². The summed E-state index contributed by atoms with van der Waals surface area (Å²) in [5, 5.41) is 2.74. The van der Waals surface area contributed by atoms with Crippen LogP contribution in [0.4, 0.5) is 10.5 Å². The van der Waals surface area contributed by atoms with E-state index in [1.165, 1.54) is 0 Å². The second kappa shape index (κ2) is 5.00. The molecule has 2 amide bonds. The Bertz CT molecular complexity index is 640. The third-order valence-corrected chi connectivity index (χ3v) is 3.73. The highest BCUT2D eigenvalue weighted by Gasteiger charge is 2.26. The SMILES string of the molecule is CNC(=O)N1C2=CC(C)CC=C2C=Cc2ccccc21. The Balaban J connectivity index is 2.20. The summed E-state index contributed by atoms with van der Waals surface area (Å²) in [4.78, 5) is 14.1. The van der Waals surface area contributed by atoms with Crippen molar-refractivity contribution in [2.75, 3.05) is 11.9 Å². The summed E-state index contributed by atoms with van der Waals surface area (Å²) in [5.41, 5.74) is 4.07. The van der Waals surface area contributed by atoms with Crippen molar-refractivity contribution in [1.82, 2.24) is 5.32 Å². The van der Waals surface area contributed by atoms with Crippen molar-refractivity contribution in [3.63, 3.8) is 0 Å². The standard InChI is InChI=1S/C17H18N2O/c1-12-7-8-14-10-9-13-5-3-4-6-15(13)19(16(14)11-12)17(20)18-2/h3-6,8-12H,7H2,1-2H3,(H,18,20). The third kappa shape index (κ3) is 2.05. The van der Waals surface area contributed by atoms with Crippen LogP contribution in [-0.2, 0) is 0 Å². The van der Waals surface area contributed by atoms with Crippen molar-refractivity contribution >= 4 is 17.8 Å². The van der Waals surface area contributed by atoms with E-state index in [1.807, 2.05) is 24.3 Å². The van der Waals surface area contributed by atoms with E-state index in [4.69, 9.17) is 0 Å². The molecule has 1 aliphatic carbocycles. The minimum Gasteiger partial charge on any atom is -0.340 e. The molecule has 1 N–H and O–H groups in total. The molecule has 0 aromatic heterocycles. The zero-order valence-corrected chi connectivity index (χ0v) is 11.8. The highest BCUT2D eigenvalue weighted by molar-refractivity contribution is 5.99. The predicted molar refractivity (Wildman–Crippen MR) is 82.4 cm³/mol. The first-order valence-electron chi connectivity index (χ1n) is 6.92. The molecule has 1 aromatic rings. The summed E-state index contributed by atoms with van der Waals surface area (Å²) in [6.07, 6.45) is 9.57. The van der Waals surface area contributed by atoms with Gasteiger partial charge < -0.3 is 5.32 Å². The van der Waals surface area contributed by atoms with Gasteiger partial charge in [0.25, 0.3) is 0 Å². The molecule has 20 heavy (non-hydrogen) atoms. The number of allylic oxidation sites excluding steroid dienone is 3. The van der Waals surface area contributed by atoms with Gasteiger partial charge in [-0.1, -0.05) is 49.4 Å². The number of nitrogens with zero attached hydrogens (tertiary/aromatic N) is 1. The summed E-state index contributed by atoms with van der Waals surface area (Å²) in [6.45, 7) is 2.17. The van der Waals surface area contributed by atoms with Crippen LogP contribution in [0.15, 0.2) is 53.8 Å². The van der Waals surface area contributed by atoms with Gasteiger partial charge in [0, 0.05) is 7.05 Å². The number of hydrogen-bond donors (Lipinski definition) is 1. The van der Waals surface area contributed by atoms with E-state index in [-0.39, 0.29) is 6.03 Å². The average Bonchev–Trinajstić information content (AvgIpc) is 2.63. The quantitative estimate of drug-likeness (QED) is 0.762. The highest BCUT2D eigenvalue weighted by atomic mass is 16.2. The monoisotopic (exact) mass is 266 g/mol. The summed E-state index contributed by atoms with van der Waals surface area (Å²) in [6, 6.07) is 7.87. The second-order valence-electron chi connectivity index (χ2n) is 5.21. The molecule has 1 aromatic carbocycles. The number of hydrogen-bond acceptors (Lipinski definition) is 1. The number of para-hydroxylation sites is 1. The van der Waals surface area contributed by atoms with E-state index >= 15 is 0 Å². The van der Waals surface area contributed by atoms with Crippen LogP contribution >= 0.6 is 0 Å². The van der Waals surface area contributed by atoms with Crippen molar-refractivity contribution in [3.8, 4) is 0 Å². The first-order chi connectivity index (χ1) is 9.70. The minimum atomic E-state index is -0.104. The Hall–Kier alpha value is -2.29. The molecule has 0 spiro atoms. The lowest BCUT2D eigenvalue weighted by Crippen LogP contribution is -2.38. The van der Waals surface area contributed by atoms with Crippen LogP contribution in [-0.4, -0.2) is 13.1 Å². The molecule has 1 atom stereocenters. The Labute approximate surface area is 119 Å². The Morgan fingerprint density at radius 2 is 2.10 bits per heavy atom. The molecule has 1 heterocycles. The molecule has 3 rings (SSSR count). The smallest absolute Gasteiger partial charge is 0.326 e. The largest absolute Gasteiger partial charge is 0.340 e. The first-order valence-corrected chi connectivity index (χ1v) is 6.92. The molecule has 0 saturated carbocycles. The number of urea groups is 1. The van der Waals surface area contributed by atoms with Gasteiger partial charge in [0.15, 0.2) is 0 Å². The number of anilines is 1. The molecular formula is C17H18N2O. The number of nitrogens with one attached hydrogen (secondary N) is 1. The normalized spacial score (nSPS) is 20.3. The maximum Gasteiger partial charge on any atom is 0.326 e. The Morgan fingerprint density at radius 1 is 1.30 bits per heavy atom. The van der Waals surface area contributed by atoms with E-state index in [9.17, 15) is 4.79 Å². The van der Waals surface area contributed by atoms with Gasteiger partial charge in [-0.25, -0.2) is 4.79 Å². The van der Waals surface area contributed by atoms with Crippen LogP contribution in [0.1, 0.15) is 18.9 Å². The topological polar surface area (TPSA) is 32.3 Å². The molecule has 2 aliphatic rings. The third-order valence-electron chi connectivity index (χ3n) is 3.73. The van der Waals surface area contributed by atoms with Crippen LogP contribution in [0.25, 0.3) is 6.08 Å². The number of carbonyl (C=O) groups is 1. The van der Waals surface area contributed by atoms with E-state index < -0.39 is 0 Å². The lowest BCUT2D eigenvalue weighted by atomic mass is 9.95. The highest BCUT2D eigenvalue weighted by Crippen LogP contribution is 2.36. The Morgan fingerprint density at radius 3 is 2.90 bits per heavy atom. The maximum absolute atomic E-state index is 12.4. The summed E-state index contributed by atoms with van der Waals surface area (Å²) >= 11 is 0. The second-order valence-corrected chi connectivity index (χ2v) is 5.21. The molecule has 0 fully saturated rings. The van der Waals surface area contributed by atoms with Gasteiger partial charge in [-0.15, -0.1) is 0 Å². The molecule has 1 unspecified atom stereocenters. The zero-order valence-electron chi connectivity index (χ0n) is 11.8. The van der Waals surface area contributed by atoms with Gasteiger partial charge >= 0.3 is 6.03 Å². The van der Waals surface area contributed by atoms with Crippen LogP contribution in [0, 0.1) is 5.92 Å². The van der Waals surface area contributed by atoms with Crippen LogP contribution < -0.4 is 10.2 Å². The lowest BCUT2D eigenvalue weighted by molar-refractivity contribution is 0.249. The van der Waals surface area contributed by atoms with Crippen LogP contribution in [0.2, 0.25) is 0 Å². The van der Waals surface area contributed by atoms with Crippen molar-refractivity contribution in [2.45, 2.75) is 13.3 Å². The van der Waals surface area contributed by atoms with Crippen LogP contribution in [0.3, 0.4) is 0 Å². The Kier molecular flexibility index (Phi) is 3.18. The van der Waals surface area contributed by atoms with Gasteiger partial charge in [0.05, 0.1) is 11.4 Å². The fourth-order valence-electron chi connectivity index (χ4n) is 2.68. The van der Waals surface area contributed by atoms with Gasteiger partial charge in [-0.2, -0.15) is 0 Å². The molecule has 0 saturated heterocycles. The van der Waals surface area contributed by atoms with Gasteiger partial charge in [0.1, 0.15) is 0 Å². The predicted octanol–water partition coefficient (Wildman–Crippen LogP) is 3.71. The number of rotatable bonds is 0. The molecular weight excluding hydrogens is 248 g/mol. The van der Waals surface area contributed by atoms with Crippen LogP contribution in [0.5, 0.6) is 0 Å². The number of benzene rings is 1. The molecule has 3 heteroatoms. The number of fused-ring (bicyclic) bond motifs is 2. The fourth-order valence-corrected chi connectivity index (χ4v) is 2.68. The molecule has 0 bridgehead atoms. The molecule has 1 aliphatic heterocycles. The average molecular weight is 266 g/mol. The number of carbonyl (C=O) groups excluding carboxylic acids is 1. The van der Waals surface area contributed by atoms with Gasteiger partial charge in [-0.3, -0.25) is 4.90 Å². The summed E-state index contributed by atoms with van der Waals surface area (Å²) in [7, 11) is 1.67. The summed E-state index contributed by atoms with van der Waals surface area (Å²) < 4.78 is 0. The van der Waals surface area contributed by atoms with E-state index in [2.05, 4.69) is 36.5 Å². The lowest BCUT2D eigenvalue weighted by Gasteiger charge is -2.28. The molecule has 3 nitrogen and oxygen atoms in total. The molecule has 0 radical (unpaired) electrons. The first kappa shape index (κ1) is 12.7. The van der Waals surface area contributed by atoms with E-state index in [1.54, 1.807) is 11.9 Å². The van der Waals surface area contributed by atoms with Crippen molar-refractivity contribution < 1.29 is 4.79 Å². The van der Waals surface area contributed by atoms with E-state index in [0.29, 0.717) is 5.92 Å². The number of amides is 2. The van der Waals surface area contributed by atoms with Gasteiger partial charge in [0.2, 0.25) is 0 Å². The fraction of sp³-hybridized carbons (Fsp3) is 0.235. The maximum atomic E-state index is 12.4.